The molecular weight excluding hydrogens is 224 g/mol. The van der Waals surface area contributed by atoms with Gasteiger partial charge in [-0.3, -0.25) is 0 Å². The van der Waals surface area contributed by atoms with Crippen LogP contribution in [-0.2, 0) is 0 Å². The molecule has 1 heterocycles. The zero-order chi connectivity index (χ0) is 9.97. The van der Waals surface area contributed by atoms with Gasteiger partial charge in [-0.25, -0.2) is 0 Å². The molecule has 1 aromatic rings. The first-order valence-corrected chi connectivity index (χ1v) is 5.42. The number of anilines is 1. The number of nitrogens with two attached hydrogens (primary N) is 1. The van der Waals surface area contributed by atoms with E-state index in [0.29, 0.717) is 0 Å². The summed E-state index contributed by atoms with van der Waals surface area (Å²) in [5.41, 5.74) is 4.27. The topological polar surface area (TPSA) is 51.4 Å². The lowest BCUT2D eigenvalue weighted by atomic mass is 10.1. The first kappa shape index (κ1) is 15.2. The molecule has 0 aliphatic carbocycles. The Balaban J connectivity index is 0.00000112. The standard InChI is InChI=1S/C12H18N2.ClH.H2O/c1-10-4-3-5-12(11(10)2)14-8-6-13-7-9-14;;/h3-5,13H,6-9H2,1-2H3;1H;1H2. The number of halogens is 1. The third kappa shape index (κ3) is 3.11. The van der Waals surface area contributed by atoms with Gasteiger partial charge >= 0.3 is 0 Å². The van der Waals surface area contributed by atoms with Gasteiger partial charge < -0.3 is 28.1 Å². The number of aryl methyl sites for hydroxylation is 1. The molecule has 3 nitrogen and oxygen atoms in total. The fraction of sp³-hybridized carbons (Fsp3) is 0.500. The first-order valence-electron chi connectivity index (χ1n) is 5.42. The van der Waals surface area contributed by atoms with Crippen LogP contribution >= 0.6 is 0 Å². The van der Waals surface area contributed by atoms with Gasteiger partial charge in [0.2, 0.25) is 0 Å². The number of hydrogen-bond donors (Lipinski definition) is 1. The van der Waals surface area contributed by atoms with Gasteiger partial charge in [0.1, 0.15) is 0 Å². The lowest BCUT2D eigenvalue weighted by Crippen LogP contribution is -3.00. The summed E-state index contributed by atoms with van der Waals surface area (Å²) in [6.07, 6.45) is 0. The van der Waals surface area contributed by atoms with E-state index < -0.39 is 0 Å². The summed E-state index contributed by atoms with van der Waals surface area (Å²) in [6.45, 7) is 9.24. The molecule has 0 unspecified atom stereocenters. The molecule has 0 amide bonds. The van der Waals surface area contributed by atoms with Crippen molar-refractivity contribution in [2.24, 2.45) is 0 Å². The van der Waals surface area contributed by atoms with E-state index in [4.69, 9.17) is 0 Å². The third-order valence-electron chi connectivity index (χ3n) is 3.12. The SMILES string of the molecule is Cc1cccc(N2CC[NH2+]CC2)c1C.O.[Cl-]. The van der Waals surface area contributed by atoms with E-state index in [9.17, 15) is 0 Å². The average molecular weight is 245 g/mol. The molecule has 16 heavy (non-hydrogen) atoms. The molecule has 1 aliphatic rings. The summed E-state index contributed by atoms with van der Waals surface area (Å²) in [5, 5.41) is 2.39. The normalized spacial score (nSPS) is 15.0. The number of rotatable bonds is 1. The van der Waals surface area contributed by atoms with E-state index in [1.54, 1.807) is 0 Å². The first-order chi connectivity index (χ1) is 6.79. The van der Waals surface area contributed by atoms with E-state index in [2.05, 4.69) is 42.3 Å². The Morgan fingerprint density at radius 1 is 1.12 bits per heavy atom. The minimum atomic E-state index is 0. The highest BCUT2D eigenvalue weighted by Crippen LogP contribution is 2.22. The molecule has 0 radical (unpaired) electrons. The van der Waals surface area contributed by atoms with Crippen LogP contribution in [0.3, 0.4) is 0 Å². The van der Waals surface area contributed by atoms with E-state index in [1.807, 2.05) is 0 Å². The molecule has 92 valence electrons. The maximum absolute atomic E-state index is 2.50. The van der Waals surface area contributed by atoms with E-state index in [-0.39, 0.29) is 17.9 Å². The molecule has 1 aliphatic heterocycles. The van der Waals surface area contributed by atoms with Crippen molar-refractivity contribution < 1.29 is 23.2 Å². The van der Waals surface area contributed by atoms with Crippen LogP contribution < -0.4 is 22.6 Å². The van der Waals surface area contributed by atoms with E-state index in [1.165, 1.54) is 43.0 Å². The van der Waals surface area contributed by atoms with Crippen molar-refractivity contribution in [1.29, 1.82) is 0 Å². The van der Waals surface area contributed by atoms with Crippen molar-refractivity contribution in [2.45, 2.75) is 13.8 Å². The largest absolute Gasteiger partial charge is 1.00 e. The van der Waals surface area contributed by atoms with Crippen LogP contribution in [0.2, 0.25) is 0 Å². The number of quaternary nitrogens is 1. The second kappa shape index (κ2) is 6.74. The van der Waals surface area contributed by atoms with Crippen molar-refractivity contribution in [2.75, 3.05) is 31.1 Å². The number of hydrogen-bond acceptors (Lipinski definition) is 1. The Labute approximate surface area is 104 Å². The summed E-state index contributed by atoms with van der Waals surface area (Å²) < 4.78 is 0. The zero-order valence-corrected chi connectivity index (χ0v) is 10.7. The highest BCUT2D eigenvalue weighted by Gasteiger charge is 2.14. The average Bonchev–Trinajstić information content (AvgIpc) is 2.23. The van der Waals surface area contributed by atoms with Crippen LogP contribution in [0.5, 0.6) is 0 Å². The molecule has 4 N–H and O–H groups in total. The lowest BCUT2D eigenvalue weighted by molar-refractivity contribution is -0.655. The van der Waals surface area contributed by atoms with Gasteiger partial charge in [-0.2, -0.15) is 0 Å². The Morgan fingerprint density at radius 3 is 2.38 bits per heavy atom. The molecule has 1 fully saturated rings. The molecule has 4 heteroatoms. The van der Waals surface area contributed by atoms with Gasteiger partial charge in [-0.15, -0.1) is 0 Å². The summed E-state index contributed by atoms with van der Waals surface area (Å²) in [4.78, 5) is 2.50. The summed E-state index contributed by atoms with van der Waals surface area (Å²) in [6, 6.07) is 6.60. The monoisotopic (exact) mass is 244 g/mol. The minimum Gasteiger partial charge on any atom is -1.00 e. The predicted octanol–water partition coefficient (Wildman–Crippen LogP) is -3.13. The minimum absolute atomic E-state index is 0. The quantitative estimate of drug-likeness (QED) is 0.558. The fourth-order valence-corrected chi connectivity index (χ4v) is 2.07. The zero-order valence-electron chi connectivity index (χ0n) is 9.96. The van der Waals surface area contributed by atoms with Crippen LogP contribution in [0.15, 0.2) is 18.2 Å². The molecule has 0 aromatic heterocycles. The van der Waals surface area contributed by atoms with Gasteiger partial charge in [-0.05, 0) is 31.0 Å². The Morgan fingerprint density at radius 2 is 1.75 bits per heavy atom. The third-order valence-corrected chi connectivity index (χ3v) is 3.12. The fourth-order valence-electron chi connectivity index (χ4n) is 2.07. The molecule has 0 bridgehead atoms. The van der Waals surface area contributed by atoms with Crippen molar-refractivity contribution >= 4 is 5.69 Å². The van der Waals surface area contributed by atoms with Gasteiger partial charge in [0, 0.05) is 5.69 Å². The van der Waals surface area contributed by atoms with E-state index in [0.717, 1.165) is 0 Å². The van der Waals surface area contributed by atoms with Gasteiger partial charge in [0.05, 0.1) is 26.2 Å². The van der Waals surface area contributed by atoms with Crippen LogP contribution in [0.1, 0.15) is 11.1 Å². The van der Waals surface area contributed by atoms with Crippen LogP contribution in [0.4, 0.5) is 5.69 Å². The predicted molar refractivity (Wildman–Crippen MR) is 63.4 cm³/mol. The molecule has 1 saturated heterocycles. The summed E-state index contributed by atoms with van der Waals surface area (Å²) in [7, 11) is 0. The highest BCUT2D eigenvalue weighted by molar-refractivity contribution is 5.56. The number of piperazine rings is 1. The maximum Gasteiger partial charge on any atom is 0.0934 e. The smallest absolute Gasteiger partial charge is 0.0934 e. The van der Waals surface area contributed by atoms with Crippen molar-refractivity contribution in [3.63, 3.8) is 0 Å². The van der Waals surface area contributed by atoms with Crippen molar-refractivity contribution in [3.05, 3.63) is 29.3 Å². The van der Waals surface area contributed by atoms with Crippen molar-refractivity contribution in [1.82, 2.24) is 0 Å². The highest BCUT2D eigenvalue weighted by atomic mass is 35.5. The van der Waals surface area contributed by atoms with E-state index >= 15 is 0 Å². The van der Waals surface area contributed by atoms with Crippen molar-refractivity contribution in [3.8, 4) is 0 Å². The summed E-state index contributed by atoms with van der Waals surface area (Å²) >= 11 is 0. The Bertz CT molecular complexity index is 325. The lowest BCUT2D eigenvalue weighted by Gasteiger charge is -2.29. The number of nitrogens with zero attached hydrogens (tertiary/aromatic N) is 1. The maximum atomic E-state index is 2.50. The second-order valence-corrected chi connectivity index (χ2v) is 4.07. The molecular formula is C12H21ClN2O. The molecule has 2 rings (SSSR count). The Hall–Kier alpha value is -0.770. The molecule has 0 saturated carbocycles. The molecule has 0 atom stereocenters. The van der Waals surface area contributed by atoms with Crippen LogP contribution in [0, 0.1) is 13.8 Å². The molecule has 0 spiro atoms. The van der Waals surface area contributed by atoms with Crippen LogP contribution in [0.25, 0.3) is 0 Å². The van der Waals surface area contributed by atoms with Gasteiger partial charge in [-0.1, -0.05) is 12.1 Å². The van der Waals surface area contributed by atoms with Gasteiger partial charge in [0.25, 0.3) is 0 Å². The summed E-state index contributed by atoms with van der Waals surface area (Å²) in [5.74, 6) is 0. The van der Waals surface area contributed by atoms with Crippen LogP contribution in [-0.4, -0.2) is 31.7 Å². The molecule has 1 aromatic carbocycles. The van der Waals surface area contributed by atoms with Gasteiger partial charge in [0.15, 0.2) is 0 Å². The Kier molecular flexibility index (Phi) is 6.41. The second-order valence-electron chi connectivity index (χ2n) is 4.07. The number of benzene rings is 1.